The zero-order valence-electron chi connectivity index (χ0n) is 8.80. The van der Waals surface area contributed by atoms with Crippen LogP contribution in [0.25, 0.3) is 0 Å². The summed E-state index contributed by atoms with van der Waals surface area (Å²) in [7, 11) is 0. The highest BCUT2D eigenvalue weighted by molar-refractivity contribution is 5.91. The maximum absolute atomic E-state index is 11.3. The van der Waals surface area contributed by atoms with E-state index in [9.17, 15) is 9.59 Å². The van der Waals surface area contributed by atoms with Crippen molar-refractivity contribution in [3.63, 3.8) is 0 Å². The largest absolute Gasteiger partial charge is 0.368 e. The van der Waals surface area contributed by atoms with Crippen LogP contribution >= 0.6 is 0 Å². The topological polar surface area (TPSA) is 116 Å². The van der Waals surface area contributed by atoms with Crippen LogP contribution in [0.15, 0.2) is 6.20 Å². The number of hydrogen-bond acceptors (Lipinski definition) is 4. The molecule has 0 saturated carbocycles. The van der Waals surface area contributed by atoms with Gasteiger partial charge in [-0.05, 0) is 0 Å². The van der Waals surface area contributed by atoms with E-state index in [0.29, 0.717) is 12.5 Å². The molecule has 1 aliphatic rings. The summed E-state index contributed by atoms with van der Waals surface area (Å²) in [5.74, 6) is -0.570. The van der Waals surface area contributed by atoms with E-state index in [1.54, 1.807) is 4.57 Å². The first-order valence-corrected chi connectivity index (χ1v) is 4.92. The number of nitrogens with zero attached hydrogens (tertiary/aromatic N) is 2. The Balaban J connectivity index is 2.47. The maximum atomic E-state index is 11.3. The fraction of sp³-hybridized carbons (Fsp3) is 0.444. The van der Waals surface area contributed by atoms with Gasteiger partial charge in [-0.25, -0.2) is 4.98 Å². The lowest BCUT2D eigenvalue weighted by Gasteiger charge is -2.29. The number of imidazole rings is 1. The van der Waals surface area contributed by atoms with Crippen molar-refractivity contribution in [3.8, 4) is 0 Å². The van der Waals surface area contributed by atoms with Crippen LogP contribution in [-0.2, 0) is 4.79 Å². The molecule has 7 nitrogen and oxygen atoms in total. The number of anilines is 1. The van der Waals surface area contributed by atoms with E-state index in [0.717, 1.165) is 0 Å². The van der Waals surface area contributed by atoms with Crippen LogP contribution in [0.5, 0.6) is 0 Å². The van der Waals surface area contributed by atoms with Gasteiger partial charge in [-0.15, -0.1) is 0 Å². The van der Waals surface area contributed by atoms with Gasteiger partial charge in [-0.1, -0.05) is 6.92 Å². The molecule has 2 rings (SSSR count). The molecule has 86 valence electrons. The van der Waals surface area contributed by atoms with Gasteiger partial charge in [-0.2, -0.15) is 0 Å². The van der Waals surface area contributed by atoms with E-state index in [1.165, 1.54) is 6.20 Å². The van der Waals surface area contributed by atoms with Gasteiger partial charge in [0.05, 0.1) is 0 Å². The van der Waals surface area contributed by atoms with Crippen LogP contribution in [0.4, 0.5) is 5.95 Å². The van der Waals surface area contributed by atoms with Gasteiger partial charge in [0, 0.05) is 18.7 Å². The number of nitrogens with one attached hydrogen (secondary N) is 1. The Morgan fingerprint density at radius 1 is 1.56 bits per heavy atom. The van der Waals surface area contributed by atoms with Crippen LogP contribution in [0.3, 0.4) is 0 Å². The minimum Gasteiger partial charge on any atom is -0.368 e. The second-order valence-corrected chi connectivity index (χ2v) is 3.93. The molecule has 7 heteroatoms. The Morgan fingerprint density at radius 2 is 2.25 bits per heavy atom. The van der Waals surface area contributed by atoms with Gasteiger partial charge >= 0.3 is 0 Å². The molecule has 2 atom stereocenters. The first-order chi connectivity index (χ1) is 7.50. The van der Waals surface area contributed by atoms with E-state index in [2.05, 4.69) is 10.3 Å². The molecule has 0 aromatic carbocycles. The summed E-state index contributed by atoms with van der Waals surface area (Å²) in [4.78, 5) is 26.3. The lowest BCUT2D eigenvalue weighted by molar-refractivity contribution is -0.122. The van der Waals surface area contributed by atoms with Crippen LogP contribution in [-0.4, -0.2) is 27.9 Å². The van der Waals surface area contributed by atoms with Gasteiger partial charge < -0.3 is 21.4 Å². The number of hydrogen-bond donors (Lipinski definition) is 3. The second-order valence-electron chi connectivity index (χ2n) is 3.93. The first kappa shape index (κ1) is 10.5. The van der Waals surface area contributed by atoms with E-state index >= 15 is 0 Å². The second kappa shape index (κ2) is 3.51. The van der Waals surface area contributed by atoms with Crippen molar-refractivity contribution in [1.29, 1.82) is 0 Å². The Kier molecular flexibility index (Phi) is 2.30. The highest BCUT2D eigenvalue weighted by atomic mass is 16.2. The third-order valence-corrected chi connectivity index (χ3v) is 2.70. The zero-order valence-corrected chi connectivity index (χ0v) is 8.80. The molecule has 2 heterocycles. The normalized spacial score (nSPS) is 23.3. The molecule has 2 amide bonds. The summed E-state index contributed by atoms with van der Waals surface area (Å²) >= 11 is 0. The number of fused-ring (bicyclic) bond motifs is 1. The third kappa shape index (κ3) is 1.50. The molecule has 0 spiro atoms. The summed E-state index contributed by atoms with van der Waals surface area (Å²) in [6.45, 7) is 2.48. The van der Waals surface area contributed by atoms with Crippen molar-refractivity contribution in [3.05, 3.63) is 11.9 Å². The summed E-state index contributed by atoms with van der Waals surface area (Å²) in [5.41, 5.74) is 10.6. The van der Waals surface area contributed by atoms with Gasteiger partial charge in [0.2, 0.25) is 11.9 Å². The van der Waals surface area contributed by atoms with Crippen molar-refractivity contribution in [2.45, 2.75) is 13.0 Å². The average molecular weight is 223 g/mol. The van der Waals surface area contributed by atoms with E-state index in [4.69, 9.17) is 11.5 Å². The molecule has 0 radical (unpaired) electrons. The molecule has 1 aromatic rings. The monoisotopic (exact) mass is 223 g/mol. The fourth-order valence-electron chi connectivity index (χ4n) is 1.91. The van der Waals surface area contributed by atoms with Gasteiger partial charge in [0.1, 0.15) is 11.7 Å². The highest BCUT2D eigenvalue weighted by Crippen LogP contribution is 2.27. The maximum Gasteiger partial charge on any atom is 0.268 e. The number of rotatable bonds is 2. The molecule has 16 heavy (non-hydrogen) atoms. The van der Waals surface area contributed by atoms with Crippen LogP contribution in [0.2, 0.25) is 0 Å². The van der Waals surface area contributed by atoms with Crippen LogP contribution in [0.1, 0.15) is 23.5 Å². The minimum absolute atomic E-state index is 0.0416. The number of carbonyl (C=O) groups is 2. The summed E-state index contributed by atoms with van der Waals surface area (Å²) in [5, 5.41) is 3.01. The predicted molar refractivity (Wildman–Crippen MR) is 56.6 cm³/mol. The molecular formula is C9H13N5O2. The number of amides is 2. The third-order valence-electron chi connectivity index (χ3n) is 2.70. The summed E-state index contributed by atoms with van der Waals surface area (Å²) in [6, 6.07) is -0.489. The van der Waals surface area contributed by atoms with Crippen molar-refractivity contribution in [1.82, 2.24) is 9.55 Å². The molecule has 2 unspecified atom stereocenters. The van der Waals surface area contributed by atoms with Gasteiger partial charge in [0.25, 0.3) is 5.91 Å². The zero-order chi connectivity index (χ0) is 11.9. The number of primary amides is 2. The Bertz CT molecular complexity index is 453. The SMILES string of the molecule is CC1CNc2nc(C(N)=O)cn2C1C(N)=O. The number of carbonyl (C=O) groups excluding carboxylic acids is 2. The first-order valence-electron chi connectivity index (χ1n) is 4.92. The van der Waals surface area contributed by atoms with Crippen molar-refractivity contribution in [2.75, 3.05) is 11.9 Å². The van der Waals surface area contributed by atoms with E-state index in [1.807, 2.05) is 6.92 Å². The van der Waals surface area contributed by atoms with Crippen LogP contribution in [0, 0.1) is 5.92 Å². The Labute approximate surface area is 91.8 Å². The molecule has 1 aliphatic heterocycles. The van der Waals surface area contributed by atoms with Crippen LogP contribution < -0.4 is 16.8 Å². The summed E-state index contributed by atoms with van der Waals surface area (Å²) < 4.78 is 1.57. The molecule has 0 saturated heterocycles. The molecule has 5 N–H and O–H groups in total. The number of nitrogens with two attached hydrogens (primary N) is 2. The van der Waals surface area contributed by atoms with E-state index in [-0.39, 0.29) is 11.6 Å². The highest BCUT2D eigenvalue weighted by Gasteiger charge is 2.31. The average Bonchev–Trinajstić information content (AvgIpc) is 2.60. The fourth-order valence-corrected chi connectivity index (χ4v) is 1.91. The molecule has 0 fully saturated rings. The lowest BCUT2D eigenvalue weighted by atomic mass is 10.00. The summed E-state index contributed by atoms with van der Waals surface area (Å²) in [6.07, 6.45) is 1.45. The molecule has 1 aromatic heterocycles. The molecule has 0 bridgehead atoms. The molecule has 0 aliphatic carbocycles. The minimum atomic E-state index is -0.625. The Hall–Kier alpha value is -2.05. The smallest absolute Gasteiger partial charge is 0.268 e. The Morgan fingerprint density at radius 3 is 2.81 bits per heavy atom. The number of aromatic nitrogens is 2. The van der Waals surface area contributed by atoms with E-state index < -0.39 is 17.9 Å². The molecular weight excluding hydrogens is 210 g/mol. The standard InChI is InChI=1S/C9H13N5O2/c1-4-2-12-9-13-5(7(10)15)3-14(9)6(4)8(11)16/h3-4,6H,2H2,1H3,(H2,10,15)(H2,11,16)(H,12,13). The van der Waals surface area contributed by atoms with Crippen molar-refractivity contribution in [2.24, 2.45) is 17.4 Å². The van der Waals surface area contributed by atoms with Crippen molar-refractivity contribution >= 4 is 17.8 Å². The van der Waals surface area contributed by atoms with Crippen molar-refractivity contribution < 1.29 is 9.59 Å². The predicted octanol–water partition coefficient (Wildman–Crippen LogP) is -0.930. The quantitative estimate of drug-likeness (QED) is 0.600. The van der Waals surface area contributed by atoms with Gasteiger partial charge in [-0.3, -0.25) is 9.59 Å². The lowest BCUT2D eigenvalue weighted by Crippen LogP contribution is -2.38. The van der Waals surface area contributed by atoms with Gasteiger partial charge in [0.15, 0.2) is 0 Å².